The second-order valence-corrected chi connectivity index (χ2v) is 7.49. The number of furan rings is 1. The van der Waals surface area contributed by atoms with Crippen LogP contribution in [0, 0.1) is 0 Å². The van der Waals surface area contributed by atoms with Crippen molar-refractivity contribution in [2.45, 2.75) is 12.2 Å². The van der Waals surface area contributed by atoms with Crippen LogP contribution in [-0.4, -0.2) is 23.9 Å². The van der Waals surface area contributed by atoms with E-state index in [0.29, 0.717) is 0 Å². The van der Waals surface area contributed by atoms with Crippen molar-refractivity contribution in [2.24, 2.45) is 0 Å². The number of hydrogen-bond acceptors (Lipinski definition) is 5. The minimum Gasteiger partial charge on any atom is -0.507 e. The Bertz CT molecular complexity index is 1270. The molecule has 6 nitrogen and oxygen atoms in total. The Morgan fingerprint density at radius 1 is 1.12 bits per heavy atom. The zero-order valence-corrected chi connectivity index (χ0v) is 17.6. The van der Waals surface area contributed by atoms with E-state index in [-0.39, 0.29) is 33.4 Å². The number of Topliss-reactive ketones (excluding diaryl/α,β-unsaturated/α-hetero) is 1. The third-order valence-corrected chi connectivity index (χ3v) is 5.45. The third kappa shape index (κ3) is 3.95. The van der Waals surface area contributed by atoms with Crippen molar-refractivity contribution < 1.29 is 37.0 Å². The summed E-state index contributed by atoms with van der Waals surface area (Å²) in [6, 6.07) is 9.85. The van der Waals surface area contributed by atoms with Crippen molar-refractivity contribution >= 4 is 34.7 Å². The van der Waals surface area contributed by atoms with Gasteiger partial charge in [0.05, 0.1) is 29.5 Å². The number of ether oxygens (including phenoxy) is 1. The molecule has 2 aromatic carbocycles. The predicted molar refractivity (Wildman–Crippen MR) is 113 cm³/mol. The van der Waals surface area contributed by atoms with E-state index < -0.39 is 35.2 Å². The maximum absolute atomic E-state index is 13.3. The lowest BCUT2D eigenvalue weighted by molar-refractivity contribution is -0.137. The molecule has 170 valence electrons. The highest BCUT2D eigenvalue weighted by molar-refractivity contribution is 6.51. The summed E-state index contributed by atoms with van der Waals surface area (Å²) >= 11 is 6.02. The molecular formula is C23H15ClF3NO5. The molecule has 1 aromatic heterocycles. The highest BCUT2D eigenvalue weighted by Crippen LogP contribution is 2.44. The highest BCUT2D eigenvalue weighted by Gasteiger charge is 2.48. The summed E-state index contributed by atoms with van der Waals surface area (Å²) in [6.45, 7) is 0. The fourth-order valence-corrected chi connectivity index (χ4v) is 3.80. The monoisotopic (exact) mass is 477 g/mol. The SMILES string of the molecule is COc1cc(/C(O)=C2/C(=O)C(=O)N(c3cccc(C(F)(F)F)c3)C2c2ccco2)ccc1Cl. The highest BCUT2D eigenvalue weighted by atomic mass is 35.5. The lowest BCUT2D eigenvalue weighted by Crippen LogP contribution is -2.29. The lowest BCUT2D eigenvalue weighted by atomic mass is 9.99. The summed E-state index contributed by atoms with van der Waals surface area (Å²) in [6.07, 6.45) is -3.38. The summed E-state index contributed by atoms with van der Waals surface area (Å²) in [5.41, 5.74) is -1.41. The zero-order chi connectivity index (χ0) is 23.9. The quantitative estimate of drug-likeness (QED) is 0.301. The Kier molecular flexibility index (Phi) is 5.67. The molecule has 1 aliphatic rings. The van der Waals surface area contributed by atoms with Gasteiger partial charge in [0.25, 0.3) is 11.7 Å². The lowest BCUT2D eigenvalue weighted by Gasteiger charge is -2.24. The second kappa shape index (κ2) is 8.32. The first-order chi connectivity index (χ1) is 15.6. The van der Waals surface area contributed by atoms with E-state index in [0.717, 1.165) is 23.1 Å². The van der Waals surface area contributed by atoms with E-state index in [4.69, 9.17) is 20.8 Å². The first-order valence-electron chi connectivity index (χ1n) is 9.49. The summed E-state index contributed by atoms with van der Waals surface area (Å²) in [5.74, 6) is -2.46. The number of nitrogens with zero attached hydrogens (tertiary/aromatic N) is 1. The Hall–Kier alpha value is -3.72. The van der Waals surface area contributed by atoms with Gasteiger partial charge in [-0.05, 0) is 48.5 Å². The molecular weight excluding hydrogens is 463 g/mol. The van der Waals surface area contributed by atoms with Crippen LogP contribution in [0.2, 0.25) is 5.02 Å². The third-order valence-electron chi connectivity index (χ3n) is 5.13. The number of carbonyl (C=O) groups excluding carboxylic acids is 2. The van der Waals surface area contributed by atoms with Gasteiger partial charge in [-0.2, -0.15) is 13.2 Å². The molecule has 0 saturated carbocycles. The molecule has 1 atom stereocenters. The number of halogens is 4. The number of alkyl halides is 3. The first-order valence-corrected chi connectivity index (χ1v) is 9.87. The molecule has 0 spiro atoms. The van der Waals surface area contributed by atoms with Gasteiger partial charge >= 0.3 is 6.18 Å². The van der Waals surface area contributed by atoms with Gasteiger partial charge in [0.2, 0.25) is 0 Å². The average molecular weight is 478 g/mol. The maximum atomic E-state index is 13.3. The minimum absolute atomic E-state index is 0.0779. The van der Waals surface area contributed by atoms with E-state index >= 15 is 0 Å². The number of benzene rings is 2. The topological polar surface area (TPSA) is 80.0 Å². The predicted octanol–water partition coefficient (Wildman–Crippen LogP) is 5.59. The van der Waals surface area contributed by atoms with Crippen molar-refractivity contribution in [3.8, 4) is 5.75 Å². The van der Waals surface area contributed by atoms with Crippen LogP contribution in [0.15, 0.2) is 70.9 Å². The van der Waals surface area contributed by atoms with Crippen LogP contribution >= 0.6 is 11.6 Å². The van der Waals surface area contributed by atoms with E-state index in [1.54, 1.807) is 0 Å². The van der Waals surface area contributed by atoms with Gasteiger partial charge in [-0.25, -0.2) is 0 Å². The summed E-state index contributed by atoms with van der Waals surface area (Å²) in [5, 5.41) is 11.2. The molecule has 1 fully saturated rings. The van der Waals surface area contributed by atoms with Gasteiger partial charge in [0.1, 0.15) is 23.3 Å². The molecule has 33 heavy (non-hydrogen) atoms. The Morgan fingerprint density at radius 2 is 1.88 bits per heavy atom. The standard InChI is InChI=1S/C23H15ClF3NO5/c1-32-17-10-12(7-8-15(17)24)20(29)18-19(16-6-3-9-33-16)28(22(31)21(18)30)14-5-2-4-13(11-14)23(25,26)27/h2-11,19,29H,1H3/b20-18-. The van der Waals surface area contributed by atoms with Crippen LogP contribution in [0.5, 0.6) is 5.75 Å². The van der Waals surface area contributed by atoms with Crippen molar-refractivity contribution in [1.82, 2.24) is 0 Å². The Balaban J connectivity index is 1.92. The molecule has 1 aliphatic heterocycles. The van der Waals surface area contributed by atoms with Gasteiger partial charge < -0.3 is 14.3 Å². The van der Waals surface area contributed by atoms with E-state index in [9.17, 15) is 27.9 Å². The molecule has 1 unspecified atom stereocenters. The summed E-state index contributed by atoms with van der Waals surface area (Å²) in [7, 11) is 1.36. The molecule has 1 N–H and O–H groups in total. The number of rotatable bonds is 4. The maximum Gasteiger partial charge on any atom is 0.416 e. The Labute approximate surface area is 190 Å². The molecule has 10 heteroatoms. The minimum atomic E-state index is -4.66. The fraction of sp³-hybridized carbons (Fsp3) is 0.130. The molecule has 1 amide bonds. The molecule has 3 aromatic rings. The van der Waals surface area contributed by atoms with Crippen LogP contribution in [0.25, 0.3) is 5.76 Å². The molecule has 2 heterocycles. The van der Waals surface area contributed by atoms with Gasteiger partial charge in [-0.3, -0.25) is 14.5 Å². The summed E-state index contributed by atoms with van der Waals surface area (Å²) < 4.78 is 50.3. The largest absolute Gasteiger partial charge is 0.507 e. The normalized spacial score (nSPS) is 18.1. The molecule has 0 bridgehead atoms. The van der Waals surface area contributed by atoms with Crippen molar-refractivity contribution in [3.63, 3.8) is 0 Å². The number of anilines is 1. The number of ketones is 1. The first kappa shape index (κ1) is 22.5. The van der Waals surface area contributed by atoms with Gasteiger partial charge in [0.15, 0.2) is 0 Å². The smallest absolute Gasteiger partial charge is 0.416 e. The molecule has 0 aliphatic carbocycles. The fourth-order valence-electron chi connectivity index (χ4n) is 3.61. The number of amides is 1. The van der Waals surface area contributed by atoms with Crippen LogP contribution in [0.1, 0.15) is 22.9 Å². The van der Waals surface area contributed by atoms with Crippen molar-refractivity contribution in [3.05, 3.63) is 88.3 Å². The van der Waals surface area contributed by atoms with E-state index in [1.807, 2.05) is 0 Å². The van der Waals surface area contributed by atoms with E-state index in [2.05, 4.69) is 0 Å². The van der Waals surface area contributed by atoms with E-state index in [1.165, 1.54) is 49.8 Å². The van der Waals surface area contributed by atoms with Crippen LogP contribution < -0.4 is 9.64 Å². The van der Waals surface area contributed by atoms with Crippen LogP contribution in [0.4, 0.5) is 18.9 Å². The second-order valence-electron chi connectivity index (χ2n) is 7.08. The average Bonchev–Trinajstić information content (AvgIpc) is 3.40. The summed E-state index contributed by atoms with van der Waals surface area (Å²) in [4.78, 5) is 26.8. The number of hydrogen-bond donors (Lipinski definition) is 1. The van der Waals surface area contributed by atoms with Crippen LogP contribution in [-0.2, 0) is 15.8 Å². The van der Waals surface area contributed by atoms with Gasteiger partial charge in [-0.1, -0.05) is 17.7 Å². The Morgan fingerprint density at radius 3 is 2.52 bits per heavy atom. The van der Waals surface area contributed by atoms with Crippen molar-refractivity contribution in [1.29, 1.82) is 0 Å². The molecule has 0 radical (unpaired) electrons. The zero-order valence-electron chi connectivity index (χ0n) is 16.9. The number of aliphatic hydroxyl groups is 1. The van der Waals surface area contributed by atoms with Gasteiger partial charge in [-0.15, -0.1) is 0 Å². The molecule has 4 rings (SSSR count). The van der Waals surface area contributed by atoms with Crippen molar-refractivity contribution in [2.75, 3.05) is 12.0 Å². The van der Waals surface area contributed by atoms with Crippen LogP contribution in [0.3, 0.4) is 0 Å². The number of methoxy groups -OCH3 is 1. The molecule has 1 saturated heterocycles. The number of carbonyl (C=O) groups is 2. The van der Waals surface area contributed by atoms with Gasteiger partial charge in [0, 0.05) is 11.3 Å². The number of aliphatic hydroxyl groups excluding tert-OH is 1.